The second-order valence-corrected chi connectivity index (χ2v) is 5.75. The van der Waals surface area contributed by atoms with Gasteiger partial charge in [0.15, 0.2) is 0 Å². The summed E-state index contributed by atoms with van der Waals surface area (Å²) in [6.07, 6.45) is 2.55. The number of hydrogen-bond acceptors (Lipinski definition) is 4. The molecule has 1 unspecified atom stereocenters. The van der Waals surface area contributed by atoms with Gasteiger partial charge in [-0.1, -0.05) is 12.1 Å². The van der Waals surface area contributed by atoms with Crippen molar-refractivity contribution in [3.63, 3.8) is 0 Å². The molecule has 0 radical (unpaired) electrons. The topological polar surface area (TPSA) is 69.8 Å². The van der Waals surface area contributed by atoms with Crippen molar-refractivity contribution in [3.05, 3.63) is 29.3 Å². The van der Waals surface area contributed by atoms with Gasteiger partial charge in [0.25, 0.3) is 0 Å². The van der Waals surface area contributed by atoms with E-state index in [2.05, 4.69) is 9.80 Å². The van der Waals surface area contributed by atoms with Crippen molar-refractivity contribution in [1.29, 1.82) is 0 Å². The van der Waals surface area contributed by atoms with Gasteiger partial charge in [-0.3, -0.25) is 9.80 Å². The van der Waals surface area contributed by atoms with Crippen LogP contribution in [0.3, 0.4) is 0 Å². The smallest absolute Gasteiger partial charge is 0.338 e. The summed E-state index contributed by atoms with van der Waals surface area (Å²) in [5, 5.41) is 9.32. The van der Waals surface area contributed by atoms with Crippen LogP contribution in [0.1, 0.15) is 28.8 Å². The number of nitrogen functional groups attached to an aromatic ring is 1. The van der Waals surface area contributed by atoms with Crippen LogP contribution in [0.5, 0.6) is 0 Å². The highest BCUT2D eigenvalue weighted by atomic mass is 16.4. The number of nitrogens with two attached hydrogens (primary N) is 1. The number of piperazine rings is 1. The molecule has 0 amide bonds. The van der Waals surface area contributed by atoms with Crippen molar-refractivity contribution in [3.8, 4) is 0 Å². The van der Waals surface area contributed by atoms with E-state index in [9.17, 15) is 9.90 Å². The fourth-order valence-electron chi connectivity index (χ4n) is 3.45. The minimum absolute atomic E-state index is 0.265. The summed E-state index contributed by atoms with van der Waals surface area (Å²) in [6, 6.07) is 6.02. The van der Waals surface area contributed by atoms with Gasteiger partial charge in [-0.25, -0.2) is 4.79 Å². The van der Waals surface area contributed by atoms with Gasteiger partial charge in [0.1, 0.15) is 0 Å². The Kier molecular flexibility index (Phi) is 3.63. The first-order chi connectivity index (χ1) is 9.65. The fraction of sp³-hybridized carbons (Fsp3) is 0.533. The number of hydrogen-bond donors (Lipinski definition) is 2. The van der Waals surface area contributed by atoms with Crippen LogP contribution >= 0.6 is 0 Å². The zero-order chi connectivity index (χ0) is 14.1. The molecule has 0 aliphatic carbocycles. The Labute approximate surface area is 119 Å². The molecule has 2 heterocycles. The van der Waals surface area contributed by atoms with Crippen LogP contribution in [0.15, 0.2) is 18.2 Å². The molecule has 2 aliphatic rings. The first kappa shape index (κ1) is 13.4. The van der Waals surface area contributed by atoms with Crippen LogP contribution in [-0.2, 0) is 6.54 Å². The molecule has 0 bridgehead atoms. The van der Waals surface area contributed by atoms with Crippen LogP contribution in [0.2, 0.25) is 0 Å². The Balaban J connectivity index is 1.75. The van der Waals surface area contributed by atoms with Gasteiger partial charge in [0, 0.05) is 37.9 Å². The molecular formula is C15H21N3O2. The van der Waals surface area contributed by atoms with Crippen LogP contribution in [-0.4, -0.2) is 53.1 Å². The number of carboxylic acids is 1. The normalized spacial score (nSPS) is 23.7. The minimum Gasteiger partial charge on any atom is -0.478 e. The second-order valence-electron chi connectivity index (χ2n) is 5.75. The highest BCUT2D eigenvalue weighted by Crippen LogP contribution is 2.24. The maximum absolute atomic E-state index is 11.4. The first-order valence-electron chi connectivity index (χ1n) is 7.22. The fourth-order valence-corrected chi connectivity index (χ4v) is 3.45. The number of benzene rings is 1. The lowest BCUT2D eigenvalue weighted by Crippen LogP contribution is -2.49. The molecule has 0 spiro atoms. The van der Waals surface area contributed by atoms with E-state index >= 15 is 0 Å². The largest absolute Gasteiger partial charge is 0.478 e. The molecule has 2 saturated heterocycles. The number of carbonyl (C=O) groups is 1. The highest BCUT2D eigenvalue weighted by molar-refractivity contribution is 5.95. The number of rotatable bonds is 3. The Morgan fingerprint density at radius 1 is 1.35 bits per heavy atom. The molecule has 2 aliphatic heterocycles. The third-order valence-corrected chi connectivity index (χ3v) is 4.46. The molecule has 3 rings (SSSR count). The van der Waals surface area contributed by atoms with Gasteiger partial charge in [0.2, 0.25) is 0 Å². The standard InChI is InChI=1S/C15H21N3O2/c16-13-5-1-3-11(14(13)15(19)20)9-17-7-8-18-6-2-4-12(18)10-17/h1,3,5,12H,2,4,6-10,16H2,(H,19,20). The van der Waals surface area contributed by atoms with Gasteiger partial charge in [-0.15, -0.1) is 0 Å². The van der Waals surface area contributed by atoms with Gasteiger partial charge in [0.05, 0.1) is 5.56 Å². The molecule has 5 heteroatoms. The monoisotopic (exact) mass is 275 g/mol. The van der Waals surface area contributed by atoms with Crippen LogP contribution in [0, 0.1) is 0 Å². The maximum Gasteiger partial charge on any atom is 0.338 e. The van der Waals surface area contributed by atoms with E-state index in [0.29, 0.717) is 18.3 Å². The van der Waals surface area contributed by atoms with E-state index in [1.165, 1.54) is 19.4 Å². The number of aromatic carboxylic acids is 1. The Hall–Kier alpha value is -1.59. The average molecular weight is 275 g/mol. The Morgan fingerprint density at radius 3 is 3.00 bits per heavy atom. The van der Waals surface area contributed by atoms with Crippen molar-refractivity contribution in [2.45, 2.75) is 25.4 Å². The molecule has 3 N–H and O–H groups in total. The summed E-state index contributed by atoms with van der Waals surface area (Å²) >= 11 is 0. The van der Waals surface area contributed by atoms with Crippen LogP contribution in [0.4, 0.5) is 5.69 Å². The number of nitrogens with zero attached hydrogens (tertiary/aromatic N) is 2. The van der Waals surface area contributed by atoms with Crippen molar-refractivity contribution in [2.75, 3.05) is 31.9 Å². The lowest BCUT2D eigenvalue weighted by Gasteiger charge is -2.37. The molecule has 1 aromatic rings. The Morgan fingerprint density at radius 2 is 2.20 bits per heavy atom. The van der Waals surface area contributed by atoms with E-state index in [-0.39, 0.29) is 5.56 Å². The summed E-state index contributed by atoms with van der Waals surface area (Å²) in [7, 11) is 0. The quantitative estimate of drug-likeness (QED) is 0.812. The summed E-state index contributed by atoms with van der Waals surface area (Å²) < 4.78 is 0. The average Bonchev–Trinajstić information content (AvgIpc) is 2.85. The summed E-state index contributed by atoms with van der Waals surface area (Å²) in [5.41, 5.74) is 7.25. The van der Waals surface area contributed by atoms with Crippen LogP contribution < -0.4 is 5.73 Å². The number of carboxylic acid groups (broad SMARTS) is 1. The van der Waals surface area contributed by atoms with Gasteiger partial charge in [-0.05, 0) is 31.0 Å². The maximum atomic E-state index is 11.4. The third-order valence-electron chi connectivity index (χ3n) is 4.46. The minimum atomic E-state index is -0.933. The molecular weight excluding hydrogens is 254 g/mol. The van der Waals surface area contributed by atoms with Gasteiger partial charge >= 0.3 is 5.97 Å². The molecule has 20 heavy (non-hydrogen) atoms. The lowest BCUT2D eigenvalue weighted by molar-refractivity contribution is 0.0692. The van der Waals surface area contributed by atoms with E-state index in [0.717, 1.165) is 25.2 Å². The molecule has 1 aromatic carbocycles. The van der Waals surface area contributed by atoms with Gasteiger partial charge < -0.3 is 10.8 Å². The summed E-state index contributed by atoms with van der Waals surface area (Å²) in [5.74, 6) is -0.933. The predicted molar refractivity (Wildman–Crippen MR) is 77.7 cm³/mol. The molecule has 108 valence electrons. The predicted octanol–water partition coefficient (Wildman–Crippen LogP) is 1.25. The van der Waals surface area contributed by atoms with E-state index < -0.39 is 5.97 Å². The highest BCUT2D eigenvalue weighted by Gasteiger charge is 2.30. The zero-order valence-corrected chi connectivity index (χ0v) is 11.6. The van der Waals surface area contributed by atoms with Crippen LogP contribution in [0.25, 0.3) is 0 Å². The Bertz CT molecular complexity index is 518. The number of fused-ring (bicyclic) bond motifs is 1. The van der Waals surface area contributed by atoms with Crippen molar-refractivity contribution >= 4 is 11.7 Å². The third kappa shape index (κ3) is 2.51. The molecule has 1 atom stereocenters. The zero-order valence-electron chi connectivity index (χ0n) is 11.6. The molecule has 2 fully saturated rings. The van der Waals surface area contributed by atoms with E-state index in [1.807, 2.05) is 12.1 Å². The van der Waals surface area contributed by atoms with Crippen molar-refractivity contribution < 1.29 is 9.90 Å². The second kappa shape index (κ2) is 5.42. The molecule has 0 saturated carbocycles. The van der Waals surface area contributed by atoms with Crippen molar-refractivity contribution in [2.24, 2.45) is 0 Å². The molecule has 5 nitrogen and oxygen atoms in total. The summed E-state index contributed by atoms with van der Waals surface area (Å²) in [6.45, 7) is 5.03. The van der Waals surface area contributed by atoms with E-state index in [1.54, 1.807) is 6.07 Å². The first-order valence-corrected chi connectivity index (χ1v) is 7.22. The summed E-state index contributed by atoms with van der Waals surface area (Å²) in [4.78, 5) is 16.3. The van der Waals surface area contributed by atoms with Crippen molar-refractivity contribution in [1.82, 2.24) is 9.80 Å². The van der Waals surface area contributed by atoms with Gasteiger partial charge in [-0.2, -0.15) is 0 Å². The SMILES string of the molecule is Nc1cccc(CN2CCN3CCCC3C2)c1C(=O)O. The number of anilines is 1. The van der Waals surface area contributed by atoms with E-state index in [4.69, 9.17) is 5.73 Å². The molecule has 0 aromatic heterocycles. The lowest BCUT2D eigenvalue weighted by atomic mass is 10.0.